The lowest BCUT2D eigenvalue weighted by Gasteiger charge is -2.10. The first-order chi connectivity index (χ1) is 12.5. The molecule has 26 heavy (non-hydrogen) atoms. The number of carbonyl (C=O) groups excluding carboxylic acids is 3. The molecule has 0 saturated carbocycles. The van der Waals surface area contributed by atoms with Gasteiger partial charge in [-0.15, -0.1) is 0 Å². The molecule has 8 nitrogen and oxygen atoms in total. The molecule has 0 fully saturated rings. The van der Waals surface area contributed by atoms with Crippen LogP contribution in [0.3, 0.4) is 0 Å². The smallest absolute Gasteiger partial charge is 0.340 e. The number of rotatable bonds is 6. The second-order valence-electron chi connectivity index (χ2n) is 5.10. The Bertz CT molecular complexity index is 790. The summed E-state index contributed by atoms with van der Waals surface area (Å²) >= 11 is 0. The lowest BCUT2D eigenvalue weighted by Crippen LogP contribution is -2.37. The largest absolute Gasteiger partial charge is 0.497 e. The van der Waals surface area contributed by atoms with E-state index in [-0.39, 0.29) is 0 Å². The van der Waals surface area contributed by atoms with Crippen LogP contribution >= 0.6 is 0 Å². The second kappa shape index (κ2) is 9.07. The van der Waals surface area contributed by atoms with E-state index in [4.69, 9.17) is 9.47 Å². The van der Waals surface area contributed by atoms with E-state index in [0.717, 1.165) is 0 Å². The fourth-order valence-electron chi connectivity index (χ4n) is 2.09. The molecule has 0 aliphatic rings. The van der Waals surface area contributed by atoms with Crippen LogP contribution in [0.15, 0.2) is 48.5 Å². The number of urea groups is 1. The number of benzene rings is 2. The van der Waals surface area contributed by atoms with Crippen LogP contribution in [0.1, 0.15) is 10.4 Å². The SMILES string of the molecule is CNc1ccccc1C(=O)OCC(=O)NC(=O)Nc1ccc(OC)cc1. The van der Waals surface area contributed by atoms with Gasteiger partial charge in [-0.3, -0.25) is 10.1 Å². The topological polar surface area (TPSA) is 106 Å². The van der Waals surface area contributed by atoms with Crippen LogP contribution in [0.25, 0.3) is 0 Å². The molecule has 0 aliphatic carbocycles. The molecule has 2 rings (SSSR count). The highest BCUT2D eigenvalue weighted by molar-refractivity contribution is 6.02. The van der Waals surface area contributed by atoms with E-state index in [9.17, 15) is 14.4 Å². The van der Waals surface area contributed by atoms with Gasteiger partial charge in [-0.2, -0.15) is 0 Å². The maximum atomic E-state index is 12.0. The first kappa shape index (κ1) is 18.8. The number of nitrogens with one attached hydrogen (secondary N) is 3. The van der Waals surface area contributed by atoms with Crippen LogP contribution in [0.5, 0.6) is 5.75 Å². The standard InChI is InChI=1S/C18H19N3O5/c1-19-15-6-4-3-5-14(15)17(23)26-11-16(22)21-18(24)20-12-7-9-13(25-2)10-8-12/h3-10,19H,11H2,1-2H3,(H2,20,21,22,24). The number of hydrogen-bond acceptors (Lipinski definition) is 6. The van der Waals surface area contributed by atoms with Crippen molar-refractivity contribution < 1.29 is 23.9 Å². The van der Waals surface area contributed by atoms with Gasteiger partial charge in [0.25, 0.3) is 5.91 Å². The van der Waals surface area contributed by atoms with Crippen LogP contribution in [0.2, 0.25) is 0 Å². The van der Waals surface area contributed by atoms with Gasteiger partial charge in [0.2, 0.25) is 0 Å². The van der Waals surface area contributed by atoms with Crippen molar-refractivity contribution in [2.24, 2.45) is 0 Å². The van der Waals surface area contributed by atoms with Gasteiger partial charge in [0.1, 0.15) is 5.75 Å². The molecular weight excluding hydrogens is 338 g/mol. The Balaban J connectivity index is 1.82. The van der Waals surface area contributed by atoms with Crippen molar-refractivity contribution in [3.8, 4) is 5.75 Å². The minimum atomic E-state index is -0.744. The van der Waals surface area contributed by atoms with Crippen molar-refractivity contribution in [1.29, 1.82) is 0 Å². The molecule has 0 heterocycles. The van der Waals surface area contributed by atoms with Crippen molar-refractivity contribution in [2.45, 2.75) is 0 Å². The first-order valence-electron chi connectivity index (χ1n) is 7.72. The van der Waals surface area contributed by atoms with Gasteiger partial charge >= 0.3 is 12.0 Å². The predicted octanol–water partition coefficient (Wildman–Crippen LogP) is 2.24. The third-order valence-electron chi connectivity index (χ3n) is 3.35. The maximum Gasteiger partial charge on any atom is 0.340 e. The predicted molar refractivity (Wildman–Crippen MR) is 96.4 cm³/mol. The summed E-state index contributed by atoms with van der Waals surface area (Å²) in [6.45, 7) is -0.576. The molecule has 2 aromatic carbocycles. The molecule has 136 valence electrons. The molecule has 0 atom stereocenters. The molecular formula is C18H19N3O5. The van der Waals surface area contributed by atoms with Gasteiger partial charge in [-0.25, -0.2) is 9.59 Å². The summed E-state index contributed by atoms with van der Waals surface area (Å²) in [6.07, 6.45) is 0. The maximum absolute atomic E-state index is 12.0. The number of methoxy groups -OCH3 is 1. The molecule has 3 N–H and O–H groups in total. The molecule has 0 bridgehead atoms. The molecule has 0 saturated heterocycles. The van der Waals surface area contributed by atoms with Crippen molar-refractivity contribution in [3.05, 3.63) is 54.1 Å². The molecule has 0 aromatic heterocycles. The van der Waals surface area contributed by atoms with Crippen molar-refractivity contribution in [3.63, 3.8) is 0 Å². The Hall–Kier alpha value is -3.55. The van der Waals surface area contributed by atoms with Crippen molar-refractivity contribution in [2.75, 3.05) is 31.4 Å². The van der Waals surface area contributed by atoms with Gasteiger partial charge in [0.05, 0.1) is 12.7 Å². The normalized spacial score (nSPS) is 9.77. The summed E-state index contributed by atoms with van der Waals surface area (Å²) in [4.78, 5) is 35.5. The Kier molecular flexibility index (Phi) is 6.55. The van der Waals surface area contributed by atoms with E-state index < -0.39 is 24.5 Å². The molecule has 0 unspecified atom stereocenters. The van der Waals surface area contributed by atoms with Gasteiger partial charge in [-0.1, -0.05) is 12.1 Å². The summed E-state index contributed by atoms with van der Waals surface area (Å²) in [7, 11) is 3.20. The van der Waals surface area contributed by atoms with E-state index in [1.807, 2.05) is 0 Å². The Morgan fingerprint density at radius 1 is 1.00 bits per heavy atom. The van der Waals surface area contributed by atoms with Gasteiger partial charge in [0.15, 0.2) is 6.61 Å². The number of carbonyl (C=O) groups is 3. The van der Waals surface area contributed by atoms with Crippen LogP contribution in [0, 0.1) is 0 Å². The highest BCUT2D eigenvalue weighted by atomic mass is 16.5. The number of hydrogen-bond donors (Lipinski definition) is 3. The number of amides is 3. The molecule has 0 radical (unpaired) electrons. The van der Waals surface area contributed by atoms with E-state index in [1.165, 1.54) is 7.11 Å². The highest BCUT2D eigenvalue weighted by Gasteiger charge is 2.15. The summed E-state index contributed by atoms with van der Waals surface area (Å²) < 4.78 is 9.94. The molecule has 2 aromatic rings. The zero-order valence-electron chi connectivity index (χ0n) is 14.4. The van der Waals surface area contributed by atoms with Crippen LogP contribution in [-0.2, 0) is 9.53 Å². The average molecular weight is 357 g/mol. The van der Waals surface area contributed by atoms with Gasteiger partial charge in [0, 0.05) is 18.4 Å². The molecule has 0 aliphatic heterocycles. The Morgan fingerprint density at radius 3 is 2.35 bits per heavy atom. The number of ether oxygens (including phenoxy) is 2. The zero-order chi connectivity index (χ0) is 18.9. The third kappa shape index (κ3) is 5.23. The summed E-state index contributed by atoms with van der Waals surface area (Å²) in [5.74, 6) is -0.771. The molecule has 0 spiro atoms. The lowest BCUT2D eigenvalue weighted by molar-refractivity contribution is -0.123. The van der Waals surface area contributed by atoms with Gasteiger partial charge < -0.3 is 20.1 Å². The van der Waals surface area contributed by atoms with Crippen molar-refractivity contribution in [1.82, 2.24) is 5.32 Å². The Morgan fingerprint density at radius 2 is 1.69 bits per heavy atom. The summed E-state index contributed by atoms with van der Waals surface area (Å²) in [5.41, 5.74) is 1.36. The molecule has 8 heteroatoms. The van der Waals surface area contributed by atoms with E-state index in [1.54, 1.807) is 55.6 Å². The van der Waals surface area contributed by atoms with Crippen LogP contribution in [-0.4, -0.2) is 38.7 Å². The summed E-state index contributed by atoms with van der Waals surface area (Å²) in [6, 6.07) is 12.6. The fraction of sp³-hybridized carbons (Fsp3) is 0.167. The van der Waals surface area contributed by atoms with Gasteiger partial charge in [-0.05, 0) is 36.4 Å². The highest BCUT2D eigenvalue weighted by Crippen LogP contribution is 2.15. The minimum absolute atomic E-state index is 0.297. The van der Waals surface area contributed by atoms with E-state index in [2.05, 4.69) is 16.0 Å². The molecule has 3 amide bonds. The Labute approximate surface area is 150 Å². The number of anilines is 2. The van der Waals surface area contributed by atoms with E-state index >= 15 is 0 Å². The quantitative estimate of drug-likeness (QED) is 0.685. The number of imide groups is 1. The summed E-state index contributed by atoms with van der Waals surface area (Å²) in [5, 5.41) is 7.42. The first-order valence-corrected chi connectivity index (χ1v) is 7.72. The van der Waals surface area contributed by atoms with Crippen molar-refractivity contribution >= 4 is 29.3 Å². The number of esters is 1. The zero-order valence-corrected chi connectivity index (χ0v) is 14.4. The monoisotopic (exact) mass is 357 g/mol. The fourth-order valence-corrected chi connectivity index (χ4v) is 2.09. The number of para-hydroxylation sites is 1. The average Bonchev–Trinajstić information content (AvgIpc) is 2.66. The lowest BCUT2D eigenvalue weighted by atomic mass is 10.2. The van der Waals surface area contributed by atoms with E-state index in [0.29, 0.717) is 22.7 Å². The second-order valence-corrected chi connectivity index (χ2v) is 5.10. The minimum Gasteiger partial charge on any atom is -0.497 e. The third-order valence-corrected chi connectivity index (χ3v) is 3.35. The van der Waals surface area contributed by atoms with Crippen LogP contribution in [0.4, 0.5) is 16.2 Å². The van der Waals surface area contributed by atoms with Crippen LogP contribution < -0.4 is 20.7 Å².